The second kappa shape index (κ2) is 5.11. The highest BCUT2D eigenvalue weighted by Gasteiger charge is 2.38. The molecular formula is C9H20N4O2S. The van der Waals surface area contributed by atoms with Gasteiger partial charge in [0.1, 0.15) is 5.84 Å². The maximum absolute atomic E-state index is 12.2. The highest BCUT2D eigenvalue weighted by Crippen LogP contribution is 2.22. The van der Waals surface area contributed by atoms with Crippen molar-refractivity contribution in [3.05, 3.63) is 0 Å². The number of hydrogen-bond donors (Lipinski definition) is 2. The second-order valence-corrected chi connectivity index (χ2v) is 5.70. The van der Waals surface area contributed by atoms with Crippen molar-refractivity contribution in [3.8, 4) is 0 Å². The normalized spacial score (nSPS) is 22.8. The predicted molar refractivity (Wildman–Crippen MR) is 63.5 cm³/mol. The molecule has 16 heavy (non-hydrogen) atoms. The van der Waals surface area contributed by atoms with Gasteiger partial charge in [-0.1, -0.05) is 13.8 Å². The van der Waals surface area contributed by atoms with E-state index in [1.54, 1.807) is 13.8 Å². The summed E-state index contributed by atoms with van der Waals surface area (Å²) in [6.45, 7) is 4.96. The molecule has 0 aliphatic carbocycles. The van der Waals surface area contributed by atoms with E-state index in [0.717, 1.165) is 6.42 Å². The SMILES string of the molecule is CCN(CC)S(=O)(=O)N1CCCC1C(=N)N. The fourth-order valence-corrected chi connectivity index (χ4v) is 3.87. The monoisotopic (exact) mass is 248 g/mol. The van der Waals surface area contributed by atoms with Gasteiger partial charge >= 0.3 is 0 Å². The van der Waals surface area contributed by atoms with E-state index in [1.807, 2.05) is 0 Å². The van der Waals surface area contributed by atoms with E-state index < -0.39 is 16.3 Å². The largest absolute Gasteiger partial charge is 0.386 e. The van der Waals surface area contributed by atoms with Crippen molar-refractivity contribution in [2.75, 3.05) is 19.6 Å². The zero-order valence-corrected chi connectivity index (χ0v) is 10.6. The summed E-state index contributed by atoms with van der Waals surface area (Å²) in [5.74, 6) is -0.0618. The first-order valence-corrected chi connectivity index (χ1v) is 6.95. The Morgan fingerprint density at radius 2 is 2.06 bits per heavy atom. The van der Waals surface area contributed by atoms with Crippen LogP contribution in [0, 0.1) is 5.41 Å². The summed E-state index contributed by atoms with van der Waals surface area (Å²) in [5, 5.41) is 7.41. The fourth-order valence-electron chi connectivity index (χ4n) is 2.03. The third-order valence-corrected chi connectivity index (χ3v) is 5.09. The number of amidine groups is 1. The molecule has 0 bridgehead atoms. The number of nitrogens with two attached hydrogens (primary N) is 1. The summed E-state index contributed by atoms with van der Waals surface area (Å²) >= 11 is 0. The van der Waals surface area contributed by atoms with Crippen LogP contribution in [0.5, 0.6) is 0 Å². The second-order valence-electron chi connectivity index (χ2n) is 3.82. The zero-order valence-electron chi connectivity index (χ0n) is 9.81. The van der Waals surface area contributed by atoms with Crippen molar-refractivity contribution in [2.45, 2.75) is 32.7 Å². The van der Waals surface area contributed by atoms with Gasteiger partial charge in [-0.05, 0) is 12.8 Å². The summed E-state index contributed by atoms with van der Waals surface area (Å²) < 4.78 is 27.2. The molecule has 0 aromatic carbocycles. The number of hydrogen-bond acceptors (Lipinski definition) is 3. The molecule has 1 atom stereocenters. The van der Waals surface area contributed by atoms with Crippen LogP contribution in [0.1, 0.15) is 26.7 Å². The molecule has 0 spiro atoms. The molecule has 0 amide bonds. The summed E-state index contributed by atoms with van der Waals surface area (Å²) in [6, 6.07) is -0.453. The summed E-state index contributed by atoms with van der Waals surface area (Å²) in [5.41, 5.74) is 5.43. The van der Waals surface area contributed by atoms with Gasteiger partial charge in [0.15, 0.2) is 0 Å². The van der Waals surface area contributed by atoms with Crippen LogP contribution in [0.25, 0.3) is 0 Å². The maximum Gasteiger partial charge on any atom is 0.282 e. The van der Waals surface area contributed by atoms with E-state index in [0.29, 0.717) is 26.1 Å². The Morgan fingerprint density at radius 1 is 1.50 bits per heavy atom. The summed E-state index contributed by atoms with van der Waals surface area (Å²) in [6.07, 6.45) is 1.42. The fraction of sp³-hybridized carbons (Fsp3) is 0.889. The third-order valence-electron chi connectivity index (χ3n) is 2.89. The molecule has 0 aromatic rings. The predicted octanol–water partition coefficient (Wildman–Crippen LogP) is -0.0266. The third kappa shape index (κ3) is 2.36. The van der Waals surface area contributed by atoms with Crippen LogP contribution in [0.2, 0.25) is 0 Å². The number of rotatable bonds is 5. The van der Waals surface area contributed by atoms with E-state index in [1.165, 1.54) is 8.61 Å². The Kier molecular flexibility index (Phi) is 4.28. The van der Waals surface area contributed by atoms with E-state index >= 15 is 0 Å². The Hall–Kier alpha value is -0.660. The van der Waals surface area contributed by atoms with Crippen molar-refractivity contribution in [3.63, 3.8) is 0 Å². The van der Waals surface area contributed by atoms with Crippen LogP contribution < -0.4 is 5.73 Å². The quantitative estimate of drug-likeness (QED) is 0.529. The van der Waals surface area contributed by atoms with Gasteiger partial charge in [0.2, 0.25) is 0 Å². The Balaban J connectivity index is 2.94. The lowest BCUT2D eigenvalue weighted by atomic mass is 10.2. The Bertz CT molecular complexity index is 351. The maximum atomic E-state index is 12.2. The molecule has 94 valence electrons. The van der Waals surface area contributed by atoms with Crippen molar-refractivity contribution in [2.24, 2.45) is 5.73 Å². The molecule has 0 saturated carbocycles. The topological polar surface area (TPSA) is 90.5 Å². The average Bonchev–Trinajstić information content (AvgIpc) is 2.67. The molecule has 1 aliphatic rings. The highest BCUT2D eigenvalue weighted by atomic mass is 32.2. The van der Waals surface area contributed by atoms with E-state index in [4.69, 9.17) is 11.1 Å². The molecule has 1 aliphatic heterocycles. The van der Waals surface area contributed by atoms with E-state index in [2.05, 4.69) is 0 Å². The van der Waals surface area contributed by atoms with Gasteiger partial charge in [0.25, 0.3) is 10.2 Å². The molecule has 7 heteroatoms. The molecule has 1 unspecified atom stereocenters. The molecule has 1 fully saturated rings. The van der Waals surface area contributed by atoms with Crippen LogP contribution in [0.4, 0.5) is 0 Å². The van der Waals surface area contributed by atoms with Gasteiger partial charge in [0.05, 0.1) is 6.04 Å². The molecule has 1 heterocycles. The molecule has 0 aromatic heterocycles. The minimum Gasteiger partial charge on any atom is -0.386 e. The lowest BCUT2D eigenvalue weighted by Crippen LogP contribution is -2.49. The smallest absolute Gasteiger partial charge is 0.282 e. The van der Waals surface area contributed by atoms with Crippen molar-refractivity contribution in [1.82, 2.24) is 8.61 Å². The van der Waals surface area contributed by atoms with Gasteiger partial charge in [-0.25, -0.2) is 0 Å². The molecule has 6 nitrogen and oxygen atoms in total. The van der Waals surface area contributed by atoms with Gasteiger partial charge in [0, 0.05) is 19.6 Å². The van der Waals surface area contributed by atoms with Gasteiger partial charge in [-0.3, -0.25) is 5.41 Å². The molecule has 0 radical (unpaired) electrons. The lowest BCUT2D eigenvalue weighted by molar-refractivity contribution is 0.363. The van der Waals surface area contributed by atoms with Crippen LogP contribution in [-0.2, 0) is 10.2 Å². The van der Waals surface area contributed by atoms with Crippen LogP contribution in [-0.4, -0.2) is 48.5 Å². The summed E-state index contributed by atoms with van der Waals surface area (Å²) in [7, 11) is -3.45. The van der Waals surface area contributed by atoms with Gasteiger partial charge < -0.3 is 5.73 Å². The standard InChI is InChI=1S/C9H20N4O2S/c1-3-12(4-2)16(14,15)13-7-5-6-8(13)9(10)11/h8H,3-7H2,1-2H3,(H3,10,11). The Labute approximate surface area is 97.1 Å². The van der Waals surface area contributed by atoms with Crippen molar-refractivity contribution in [1.29, 1.82) is 5.41 Å². The van der Waals surface area contributed by atoms with Crippen molar-refractivity contribution < 1.29 is 8.42 Å². The van der Waals surface area contributed by atoms with Crippen LogP contribution >= 0.6 is 0 Å². The number of nitrogens with one attached hydrogen (secondary N) is 1. The Morgan fingerprint density at radius 3 is 2.50 bits per heavy atom. The van der Waals surface area contributed by atoms with Crippen LogP contribution in [0.3, 0.4) is 0 Å². The minimum atomic E-state index is -3.45. The molecule has 3 N–H and O–H groups in total. The minimum absolute atomic E-state index is 0.0618. The van der Waals surface area contributed by atoms with Gasteiger partial charge in [-0.15, -0.1) is 0 Å². The lowest BCUT2D eigenvalue weighted by Gasteiger charge is -2.29. The molecule has 1 saturated heterocycles. The van der Waals surface area contributed by atoms with Gasteiger partial charge in [-0.2, -0.15) is 17.0 Å². The zero-order chi connectivity index (χ0) is 12.3. The molecular weight excluding hydrogens is 228 g/mol. The summed E-state index contributed by atoms with van der Waals surface area (Å²) in [4.78, 5) is 0. The number of nitrogens with zero attached hydrogens (tertiary/aromatic N) is 2. The van der Waals surface area contributed by atoms with Crippen LogP contribution in [0.15, 0.2) is 0 Å². The highest BCUT2D eigenvalue weighted by molar-refractivity contribution is 7.86. The first-order valence-electron chi connectivity index (χ1n) is 5.56. The first kappa shape index (κ1) is 13.4. The average molecular weight is 248 g/mol. The first-order chi connectivity index (χ1) is 7.45. The van der Waals surface area contributed by atoms with E-state index in [-0.39, 0.29) is 5.84 Å². The van der Waals surface area contributed by atoms with E-state index in [9.17, 15) is 8.42 Å². The van der Waals surface area contributed by atoms with Crippen molar-refractivity contribution >= 4 is 16.0 Å². The molecule has 1 rings (SSSR count).